The minimum absolute atomic E-state index is 0.0298. The number of piperazine rings is 1. The van der Waals surface area contributed by atoms with E-state index in [1.54, 1.807) is 6.20 Å². The highest BCUT2D eigenvalue weighted by Crippen LogP contribution is 2.21. The highest BCUT2D eigenvalue weighted by Gasteiger charge is 2.31. The number of nitrogens with one attached hydrogen (secondary N) is 1. The fourth-order valence-corrected chi connectivity index (χ4v) is 2.89. The number of nitrogens with zero attached hydrogens (tertiary/aromatic N) is 4. The smallest absolute Gasteiger partial charge is 0.319 e. The van der Waals surface area contributed by atoms with Crippen LogP contribution in [0.4, 0.5) is 10.6 Å². The predicted octanol–water partition coefficient (Wildman–Crippen LogP) is 2.44. The topological polar surface area (TPSA) is 53.4 Å². The van der Waals surface area contributed by atoms with Crippen LogP contribution in [-0.4, -0.2) is 58.3 Å². The zero-order valence-corrected chi connectivity index (χ0v) is 14.6. The summed E-state index contributed by atoms with van der Waals surface area (Å²) in [6.07, 6.45) is 1.73. The first-order valence-corrected chi connectivity index (χ1v) is 8.01. The van der Waals surface area contributed by atoms with Gasteiger partial charge in [0.2, 0.25) is 0 Å². The van der Waals surface area contributed by atoms with E-state index in [9.17, 15) is 4.79 Å². The molecule has 2 rings (SSSR count). The highest BCUT2D eigenvalue weighted by molar-refractivity contribution is 5.88. The molecule has 0 aromatic carbocycles. The Balaban J connectivity index is 2.13. The van der Waals surface area contributed by atoms with E-state index in [0.717, 1.165) is 25.5 Å². The molecule has 2 heterocycles. The van der Waals surface area contributed by atoms with E-state index in [2.05, 4.69) is 57.0 Å². The van der Waals surface area contributed by atoms with Crippen LogP contribution in [0.3, 0.4) is 0 Å². The molecule has 1 atom stereocenters. The quantitative estimate of drug-likeness (QED) is 0.913. The maximum Gasteiger partial charge on any atom is 0.323 e. The van der Waals surface area contributed by atoms with Crippen LogP contribution in [0.5, 0.6) is 0 Å². The van der Waals surface area contributed by atoms with Crippen molar-refractivity contribution in [1.82, 2.24) is 19.6 Å². The minimum atomic E-state index is -0.161. The predicted molar refractivity (Wildman–Crippen MR) is 89.1 cm³/mol. The van der Waals surface area contributed by atoms with Crippen LogP contribution in [-0.2, 0) is 5.54 Å². The average Bonchev–Trinajstić information content (AvgIpc) is 2.86. The van der Waals surface area contributed by atoms with Gasteiger partial charge in [-0.05, 0) is 33.7 Å². The molecule has 1 saturated heterocycles. The van der Waals surface area contributed by atoms with Crippen molar-refractivity contribution in [2.45, 2.75) is 46.2 Å². The Morgan fingerprint density at radius 2 is 2.05 bits per heavy atom. The lowest BCUT2D eigenvalue weighted by Crippen LogP contribution is -2.57. The van der Waals surface area contributed by atoms with Crippen LogP contribution in [0.15, 0.2) is 12.3 Å². The number of anilines is 1. The van der Waals surface area contributed by atoms with Gasteiger partial charge in [0.05, 0.1) is 11.7 Å². The number of carbonyl (C=O) groups is 1. The number of carbonyl (C=O) groups excluding carboxylic acids is 1. The van der Waals surface area contributed by atoms with Crippen molar-refractivity contribution < 1.29 is 4.79 Å². The minimum Gasteiger partial charge on any atom is -0.319 e. The third-order valence-electron chi connectivity index (χ3n) is 4.17. The maximum absolute atomic E-state index is 12.7. The molecule has 1 aromatic heterocycles. The molecule has 1 aliphatic heterocycles. The first-order valence-electron chi connectivity index (χ1n) is 8.01. The zero-order valence-electron chi connectivity index (χ0n) is 14.6. The summed E-state index contributed by atoms with van der Waals surface area (Å²) in [5.41, 5.74) is -0.161. The summed E-state index contributed by atoms with van der Waals surface area (Å²) in [7, 11) is 2.11. The Kier molecular flexibility index (Phi) is 4.80. The molecule has 6 nitrogen and oxygen atoms in total. The summed E-state index contributed by atoms with van der Waals surface area (Å²) in [5.74, 6) is 1.18. The van der Waals surface area contributed by atoms with Gasteiger partial charge < -0.3 is 9.80 Å². The Morgan fingerprint density at radius 1 is 1.36 bits per heavy atom. The second-order valence-electron chi connectivity index (χ2n) is 7.50. The van der Waals surface area contributed by atoms with Crippen LogP contribution >= 0.6 is 0 Å². The van der Waals surface area contributed by atoms with Crippen LogP contribution in [0.1, 0.15) is 34.6 Å². The summed E-state index contributed by atoms with van der Waals surface area (Å²) < 4.78 is 1.85. The summed E-state index contributed by atoms with van der Waals surface area (Å²) in [5, 5.41) is 7.36. The van der Waals surface area contributed by atoms with Crippen molar-refractivity contribution >= 4 is 11.8 Å². The molecule has 0 spiro atoms. The molecule has 1 fully saturated rings. The standard InChI is InChI=1S/C16H29N5O/c1-12(2)13-11-19(6)9-10-20(13)15(22)18-14-7-8-17-21(14)16(3,4)5/h7-8,12-13H,9-11H2,1-6H3,(H,18,22). The summed E-state index contributed by atoms with van der Waals surface area (Å²) in [4.78, 5) is 17.0. The Morgan fingerprint density at radius 3 is 2.64 bits per heavy atom. The molecular weight excluding hydrogens is 278 g/mol. The normalized spacial score (nSPS) is 20.5. The Labute approximate surface area is 133 Å². The van der Waals surface area contributed by atoms with Crippen molar-refractivity contribution in [3.8, 4) is 0 Å². The number of urea groups is 1. The molecule has 0 radical (unpaired) electrons. The van der Waals surface area contributed by atoms with Crippen molar-refractivity contribution in [1.29, 1.82) is 0 Å². The van der Waals surface area contributed by atoms with E-state index < -0.39 is 0 Å². The van der Waals surface area contributed by atoms with Gasteiger partial charge in [0.15, 0.2) is 0 Å². The van der Waals surface area contributed by atoms with E-state index in [4.69, 9.17) is 0 Å². The van der Waals surface area contributed by atoms with Gasteiger partial charge in [0, 0.05) is 31.7 Å². The molecule has 6 heteroatoms. The fraction of sp³-hybridized carbons (Fsp3) is 0.750. The SMILES string of the molecule is CC(C)C1CN(C)CCN1C(=O)Nc1ccnn1C(C)(C)C. The lowest BCUT2D eigenvalue weighted by atomic mass is 10.0. The van der Waals surface area contributed by atoms with Gasteiger partial charge in [-0.15, -0.1) is 0 Å². The second kappa shape index (κ2) is 6.28. The molecule has 2 amide bonds. The van der Waals surface area contributed by atoms with E-state index in [1.165, 1.54) is 0 Å². The van der Waals surface area contributed by atoms with Gasteiger partial charge in [-0.1, -0.05) is 13.8 Å². The second-order valence-corrected chi connectivity index (χ2v) is 7.50. The number of likely N-dealkylation sites (N-methyl/N-ethyl adjacent to an activating group) is 1. The van der Waals surface area contributed by atoms with E-state index in [1.807, 2.05) is 15.6 Å². The van der Waals surface area contributed by atoms with E-state index >= 15 is 0 Å². The lowest BCUT2D eigenvalue weighted by molar-refractivity contribution is 0.0920. The Hall–Kier alpha value is -1.56. The van der Waals surface area contributed by atoms with Gasteiger partial charge in [-0.2, -0.15) is 5.10 Å². The summed E-state index contributed by atoms with van der Waals surface area (Å²) in [6.45, 7) is 13.1. The van der Waals surface area contributed by atoms with Crippen LogP contribution in [0.25, 0.3) is 0 Å². The van der Waals surface area contributed by atoms with E-state index in [0.29, 0.717) is 5.92 Å². The molecule has 1 aromatic rings. The lowest BCUT2D eigenvalue weighted by Gasteiger charge is -2.42. The van der Waals surface area contributed by atoms with Crippen molar-refractivity contribution in [3.63, 3.8) is 0 Å². The molecule has 22 heavy (non-hydrogen) atoms. The number of hydrogen-bond acceptors (Lipinski definition) is 3. The molecule has 124 valence electrons. The van der Waals surface area contributed by atoms with Gasteiger partial charge in [-0.3, -0.25) is 5.32 Å². The molecule has 0 aliphatic carbocycles. The van der Waals surface area contributed by atoms with Crippen LogP contribution in [0.2, 0.25) is 0 Å². The van der Waals surface area contributed by atoms with Crippen molar-refractivity contribution in [3.05, 3.63) is 12.3 Å². The molecule has 0 saturated carbocycles. The van der Waals surface area contributed by atoms with Gasteiger partial charge in [0.25, 0.3) is 0 Å². The van der Waals surface area contributed by atoms with Gasteiger partial charge in [0.1, 0.15) is 5.82 Å². The largest absolute Gasteiger partial charge is 0.323 e. The van der Waals surface area contributed by atoms with Gasteiger partial charge >= 0.3 is 6.03 Å². The zero-order chi connectivity index (χ0) is 16.5. The summed E-state index contributed by atoms with van der Waals surface area (Å²) in [6, 6.07) is 2.06. The fourth-order valence-electron chi connectivity index (χ4n) is 2.89. The van der Waals surface area contributed by atoms with Crippen molar-refractivity contribution in [2.75, 3.05) is 32.0 Å². The highest BCUT2D eigenvalue weighted by atomic mass is 16.2. The average molecular weight is 307 g/mol. The van der Waals surface area contributed by atoms with Crippen LogP contribution in [0, 0.1) is 5.92 Å². The number of amides is 2. The first-order chi connectivity index (χ1) is 10.2. The number of rotatable bonds is 2. The molecule has 1 aliphatic rings. The molecular formula is C16H29N5O. The monoisotopic (exact) mass is 307 g/mol. The Bertz CT molecular complexity index is 517. The number of aromatic nitrogens is 2. The van der Waals surface area contributed by atoms with E-state index in [-0.39, 0.29) is 17.6 Å². The molecule has 0 bridgehead atoms. The first kappa shape index (κ1) is 16.8. The third kappa shape index (κ3) is 3.61. The maximum atomic E-state index is 12.7. The van der Waals surface area contributed by atoms with Gasteiger partial charge in [-0.25, -0.2) is 9.48 Å². The van der Waals surface area contributed by atoms with Crippen LogP contribution < -0.4 is 5.32 Å². The summed E-state index contributed by atoms with van der Waals surface area (Å²) >= 11 is 0. The molecule has 1 N–H and O–H groups in total. The molecule has 1 unspecified atom stereocenters. The number of hydrogen-bond donors (Lipinski definition) is 1. The third-order valence-corrected chi connectivity index (χ3v) is 4.17. The van der Waals surface area contributed by atoms with Crippen molar-refractivity contribution in [2.24, 2.45) is 5.92 Å².